The van der Waals surface area contributed by atoms with E-state index < -0.39 is 0 Å². The van der Waals surface area contributed by atoms with Gasteiger partial charge in [-0.25, -0.2) is 9.97 Å². The molecule has 0 unspecified atom stereocenters. The number of benzene rings is 4. The van der Waals surface area contributed by atoms with E-state index in [1.807, 2.05) is 85.2 Å². The number of carbonyl (C=O) groups is 1. The van der Waals surface area contributed by atoms with Crippen molar-refractivity contribution in [3.63, 3.8) is 0 Å². The van der Waals surface area contributed by atoms with Crippen LogP contribution in [0.2, 0.25) is 0 Å². The molecule has 0 spiro atoms. The predicted octanol–water partition coefficient (Wildman–Crippen LogP) is 9.11. The van der Waals surface area contributed by atoms with Crippen LogP contribution >= 0.6 is 0 Å². The summed E-state index contributed by atoms with van der Waals surface area (Å²) in [6, 6.07) is 36.7. The largest absolute Gasteiger partial charge is 0.353 e. The Hall–Kier alpha value is -6.61. The molecule has 0 bridgehead atoms. The number of ketones is 1. The molecule has 10 aromatic rings. The molecule has 48 heavy (non-hydrogen) atoms. The molecule has 0 amide bonds. The fourth-order valence-electron chi connectivity index (χ4n) is 6.04. The summed E-state index contributed by atoms with van der Waals surface area (Å²) < 4.78 is 0. The van der Waals surface area contributed by atoms with Gasteiger partial charge in [-0.2, -0.15) is 0 Å². The Morgan fingerprint density at radius 3 is 1.25 bits per heavy atom. The first-order chi connectivity index (χ1) is 23.5. The first-order valence-corrected chi connectivity index (χ1v) is 15.6. The number of fused-ring (bicyclic) bond motifs is 8. The zero-order valence-electron chi connectivity index (χ0n) is 26.2. The van der Waals surface area contributed by atoms with Gasteiger partial charge in [0.1, 0.15) is 17.2 Å². The first kappa shape index (κ1) is 28.8. The number of H-pyrrole nitrogens is 4. The number of imidazole rings is 2. The molecule has 4 aromatic carbocycles. The number of nitrogens with zero attached hydrogens (tertiary/aromatic N) is 4. The second-order valence-electron chi connectivity index (χ2n) is 11.6. The van der Waals surface area contributed by atoms with E-state index in [1.54, 1.807) is 0 Å². The SMILES string of the molecule is CC(C)=O.c1ccc2[nH]c(-c3nccc4c3[nH]c3ccccc34)nc2c1.c1ccc2[nH]c(-c3nccc4c3[nH]c3ccccc34)nc2c1. The van der Waals surface area contributed by atoms with Crippen molar-refractivity contribution in [2.75, 3.05) is 0 Å². The standard InChI is InChI=1S/2C18H12N4.C3H6O/c2*1-2-6-13-11(5-1)12-9-10-19-17(16(12)20-13)18-21-14-7-3-4-8-15(14)22-18;1-3(2)4/h2*1-10,20H,(H,21,22);1-2H3. The van der Waals surface area contributed by atoms with Gasteiger partial charge in [-0.15, -0.1) is 0 Å². The number of rotatable bonds is 2. The number of nitrogens with one attached hydrogen (secondary N) is 4. The Kier molecular flexibility index (Phi) is 7.18. The molecule has 4 N–H and O–H groups in total. The summed E-state index contributed by atoms with van der Waals surface area (Å²) in [6.45, 7) is 3.06. The van der Waals surface area contributed by atoms with Crippen LogP contribution in [0.1, 0.15) is 13.8 Å². The maximum Gasteiger partial charge on any atom is 0.159 e. The molecule has 6 heterocycles. The molecule has 232 valence electrons. The second-order valence-corrected chi connectivity index (χ2v) is 11.6. The normalized spacial score (nSPS) is 11.2. The van der Waals surface area contributed by atoms with Crippen LogP contribution in [0.25, 0.3) is 88.7 Å². The molecule has 0 aliphatic carbocycles. The molecule has 0 saturated heterocycles. The minimum atomic E-state index is 0.167. The third-order valence-corrected chi connectivity index (χ3v) is 8.08. The summed E-state index contributed by atoms with van der Waals surface area (Å²) >= 11 is 0. The predicted molar refractivity (Wildman–Crippen MR) is 194 cm³/mol. The molecular formula is C39H30N8O. The average Bonchev–Trinajstić information content (AvgIpc) is 3.90. The Morgan fingerprint density at radius 2 is 0.833 bits per heavy atom. The maximum atomic E-state index is 9.44. The van der Waals surface area contributed by atoms with Crippen molar-refractivity contribution >= 4 is 71.5 Å². The van der Waals surface area contributed by atoms with Gasteiger partial charge >= 0.3 is 0 Å². The van der Waals surface area contributed by atoms with E-state index >= 15 is 0 Å². The van der Waals surface area contributed by atoms with Crippen LogP contribution in [0.4, 0.5) is 0 Å². The Morgan fingerprint density at radius 1 is 0.458 bits per heavy atom. The van der Waals surface area contributed by atoms with Gasteiger partial charge in [0, 0.05) is 45.0 Å². The summed E-state index contributed by atoms with van der Waals surface area (Å²) in [5.41, 5.74) is 9.91. The highest BCUT2D eigenvalue weighted by molar-refractivity contribution is 6.11. The number of para-hydroxylation sites is 6. The highest BCUT2D eigenvalue weighted by Crippen LogP contribution is 2.32. The van der Waals surface area contributed by atoms with Crippen molar-refractivity contribution in [3.05, 3.63) is 122 Å². The van der Waals surface area contributed by atoms with E-state index in [1.165, 1.54) is 35.4 Å². The van der Waals surface area contributed by atoms with Gasteiger partial charge < -0.3 is 24.7 Å². The van der Waals surface area contributed by atoms with Crippen molar-refractivity contribution in [1.29, 1.82) is 0 Å². The molecule has 0 saturated carbocycles. The lowest BCUT2D eigenvalue weighted by Crippen LogP contribution is -1.87. The summed E-state index contributed by atoms with van der Waals surface area (Å²) in [7, 11) is 0. The fraction of sp³-hybridized carbons (Fsp3) is 0.0513. The summed E-state index contributed by atoms with van der Waals surface area (Å²) in [5, 5.41) is 4.75. The van der Waals surface area contributed by atoms with Crippen LogP contribution in [-0.4, -0.2) is 45.7 Å². The van der Waals surface area contributed by atoms with Crippen molar-refractivity contribution in [1.82, 2.24) is 39.9 Å². The molecule has 6 aromatic heterocycles. The van der Waals surface area contributed by atoms with E-state index in [2.05, 4.69) is 76.3 Å². The summed E-state index contributed by atoms with van der Waals surface area (Å²) in [6.07, 6.45) is 3.68. The monoisotopic (exact) mass is 626 g/mol. The number of aromatic amines is 4. The second kappa shape index (κ2) is 12.0. The number of aromatic nitrogens is 8. The number of pyridine rings is 2. The zero-order valence-corrected chi connectivity index (χ0v) is 26.2. The zero-order chi connectivity index (χ0) is 32.6. The van der Waals surface area contributed by atoms with Crippen LogP contribution in [0, 0.1) is 0 Å². The van der Waals surface area contributed by atoms with Gasteiger partial charge in [0.15, 0.2) is 11.6 Å². The molecule has 0 aliphatic rings. The van der Waals surface area contributed by atoms with Crippen molar-refractivity contribution in [2.24, 2.45) is 0 Å². The van der Waals surface area contributed by atoms with Crippen LogP contribution in [0.3, 0.4) is 0 Å². The number of hydrogen-bond acceptors (Lipinski definition) is 5. The van der Waals surface area contributed by atoms with E-state index in [4.69, 9.17) is 0 Å². The van der Waals surface area contributed by atoms with E-state index in [0.717, 1.165) is 67.2 Å². The Bertz CT molecular complexity index is 2490. The van der Waals surface area contributed by atoms with E-state index in [0.29, 0.717) is 0 Å². The van der Waals surface area contributed by atoms with Crippen molar-refractivity contribution in [2.45, 2.75) is 13.8 Å². The van der Waals surface area contributed by atoms with Crippen molar-refractivity contribution in [3.8, 4) is 23.0 Å². The molecule has 10 rings (SSSR count). The van der Waals surface area contributed by atoms with Crippen LogP contribution in [-0.2, 0) is 4.79 Å². The number of carbonyl (C=O) groups excluding carboxylic acids is 1. The number of Topliss-reactive ketones (excluding diaryl/α,β-unsaturated/α-hetero) is 1. The minimum Gasteiger partial charge on any atom is -0.353 e. The average molecular weight is 627 g/mol. The number of hydrogen-bond donors (Lipinski definition) is 4. The van der Waals surface area contributed by atoms with Crippen LogP contribution < -0.4 is 0 Å². The van der Waals surface area contributed by atoms with Gasteiger partial charge in [-0.3, -0.25) is 9.97 Å². The third-order valence-electron chi connectivity index (χ3n) is 8.08. The Balaban J connectivity index is 0.000000126. The summed E-state index contributed by atoms with van der Waals surface area (Å²) in [5.74, 6) is 1.75. The molecule has 0 atom stereocenters. The lowest BCUT2D eigenvalue weighted by molar-refractivity contribution is -0.115. The van der Waals surface area contributed by atoms with Gasteiger partial charge in [0.25, 0.3) is 0 Å². The topological polar surface area (TPSA) is 132 Å². The quantitative estimate of drug-likeness (QED) is 0.152. The van der Waals surface area contributed by atoms with Crippen LogP contribution in [0.5, 0.6) is 0 Å². The van der Waals surface area contributed by atoms with Crippen LogP contribution in [0.15, 0.2) is 122 Å². The maximum absolute atomic E-state index is 9.44. The molecule has 9 nitrogen and oxygen atoms in total. The summed E-state index contributed by atoms with van der Waals surface area (Å²) in [4.78, 5) is 41.5. The minimum absolute atomic E-state index is 0.167. The fourth-order valence-corrected chi connectivity index (χ4v) is 6.04. The van der Waals surface area contributed by atoms with E-state index in [9.17, 15) is 4.79 Å². The lowest BCUT2D eigenvalue weighted by atomic mass is 10.1. The Labute approximate surface area is 274 Å². The van der Waals surface area contributed by atoms with Gasteiger partial charge in [-0.1, -0.05) is 60.7 Å². The molecule has 9 heteroatoms. The first-order valence-electron chi connectivity index (χ1n) is 15.6. The van der Waals surface area contributed by atoms with Gasteiger partial charge in [0.2, 0.25) is 0 Å². The van der Waals surface area contributed by atoms with Crippen molar-refractivity contribution < 1.29 is 4.79 Å². The smallest absolute Gasteiger partial charge is 0.159 e. The molecular weight excluding hydrogens is 596 g/mol. The molecule has 0 radical (unpaired) electrons. The third kappa shape index (κ3) is 5.23. The lowest BCUT2D eigenvalue weighted by Gasteiger charge is -1.98. The van der Waals surface area contributed by atoms with E-state index in [-0.39, 0.29) is 5.78 Å². The highest BCUT2D eigenvalue weighted by Gasteiger charge is 2.15. The van der Waals surface area contributed by atoms with Gasteiger partial charge in [0.05, 0.1) is 33.1 Å². The van der Waals surface area contributed by atoms with Gasteiger partial charge in [-0.05, 0) is 62.4 Å². The highest BCUT2D eigenvalue weighted by atomic mass is 16.1. The molecule has 0 fully saturated rings. The molecule has 0 aliphatic heterocycles.